The molecule has 0 spiro atoms. The maximum Gasteiger partial charge on any atom is 0.318 e. The SMILES string of the molecule is C[C@@H]1C[C@H](c2cccc(F)c2)N(C(=O)N[C@H](C)c2nncn2C)C1. The van der Waals surface area contributed by atoms with Crippen molar-refractivity contribution >= 4 is 6.03 Å². The summed E-state index contributed by atoms with van der Waals surface area (Å²) in [4.78, 5) is 14.5. The summed E-state index contributed by atoms with van der Waals surface area (Å²) in [7, 11) is 1.84. The molecule has 0 aliphatic carbocycles. The zero-order chi connectivity index (χ0) is 17.3. The lowest BCUT2D eigenvalue weighted by molar-refractivity contribution is 0.188. The van der Waals surface area contributed by atoms with Crippen LogP contribution in [0.25, 0.3) is 0 Å². The van der Waals surface area contributed by atoms with Gasteiger partial charge < -0.3 is 14.8 Å². The van der Waals surface area contributed by atoms with Gasteiger partial charge >= 0.3 is 6.03 Å². The third kappa shape index (κ3) is 3.25. The number of likely N-dealkylation sites (tertiary alicyclic amines) is 1. The van der Waals surface area contributed by atoms with E-state index in [0.29, 0.717) is 18.3 Å². The molecule has 1 N–H and O–H groups in total. The maximum absolute atomic E-state index is 13.5. The van der Waals surface area contributed by atoms with Gasteiger partial charge in [-0.25, -0.2) is 9.18 Å². The molecular formula is C17H22FN5O. The zero-order valence-corrected chi connectivity index (χ0v) is 14.1. The molecule has 6 nitrogen and oxygen atoms in total. The van der Waals surface area contributed by atoms with E-state index in [1.807, 2.05) is 20.0 Å². The Morgan fingerprint density at radius 3 is 2.92 bits per heavy atom. The number of benzene rings is 1. The van der Waals surface area contributed by atoms with Gasteiger partial charge in [-0.15, -0.1) is 10.2 Å². The number of hydrogen-bond donors (Lipinski definition) is 1. The molecule has 1 aromatic heterocycles. The average molecular weight is 331 g/mol. The number of amides is 2. The summed E-state index contributed by atoms with van der Waals surface area (Å²) in [6.45, 7) is 4.63. The van der Waals surface area contributed by atoms with Crippen LogP contribution in [-0.4, -0.2) is 32.2 Å². The summed E-state index contributed by atoms with van der Waals surface area (Å²) in [6.07, 6.45) is 2.43. The Balaban J connectivity index is 1.76. The van der Waals surface area contributed by atoms with Crippen LogP contribution in [-0.2, 0) is 7.05 Å². The second kappa shape index (κ2) is 6.59. The molecule has 2 aromatic rings. The fourth-order valence-corrected chi connectivity index (χ4v) is 3.32. The number of hydrogen-bond acceptors (Lipinski definition) is 3. The highest BCUT2D eigenvalue weighted by molar-refractivity contribution is 5.75. The highest BCUT2D eigenvalue weighted by Crippen LogP contribution is 2.35. The van der Waals surface area contributed by atoms with Crippen molar-refractivity contribution in [3.63, 3.8) is 0 Å². The number of carbonyl (C=O) groups is 1. The van der Waals surface area contributed by atoms with E-state index in [9.17, 15) is 9.18 Å². The van der Waals surface area contributed by atoms with E-state index in [0.717, 1.165) is 12.0 Å². The first-order valence-corrected chi connectivity index (χ1v) is 8.12. The van der Waals surface area contributed by atoms with Gasteiger partial charge in [0.25, 0.3) is 0 Å². The Bertz CT molecular complexity index is 731. The number of rotatable bonds is 3. The molecule has 1 aliphatic heterocycles. The molecular weight excluding hydrogens is 309 g/mol. The van der Waals surface area contributed by atoms with Gasteiger partial charge in [0.1, 0.15) is 12.1 Å². The van der Waals surface area contributed by atoms with Crippen LogP contribution in [0.1, 0.15) is 43.7 Å². The standard InChI is InChI=1S/C17H22FN5O/c1-11-7-15(13-5-4-6-14(18)8-13)23(9-11)17(24)20-12(2)16-21-19-10-22(16)3/h4-6,8,10-12,15H,7,9H2,1-3H3,(H,20,24)/t11-,12-,15-/m1/s1. The minimum atomic E-state index is -0.278. The molecule has 1 saturated heterocycles. The number of carbonyl (C=O) groups excluding carboxylic acids is 1. The first kappa shape index (κ1) is 16.4. The molecule has 0 bridgehead atoms. The van der Waals surface area contributed by atoms with Crippen LogP contribution in [0.5, 0.6) is 0 Å². The molecule has 0 saturated carbocycles. The molecule has 2 heterocycles. The van der Waals surface area contributed by atoms with Crippen LogP contribution < -0.4 is 5.32 Å². The van der Waals surface area contributed by atoms with Crippen molar-refractivity contribution in [1.29, 1.82) is 0 Å². The number of halogens is 1. The molecule has 128 valence electrons. The van der Waals surface area contributed by atoms with Crippen LogP contribution in [0.3, 0.4) is 0 Å². The molecule has 3 rings (SSSR count). The Morgan fingerprint density at radius 1 is 1.46 bits per heavy atom. The molecule has 0 radical (unpaired) electrons. The van der Waals surface area contributed by atoms with Crippen LogP contribution in [0, 0.1) is 11.7 Å². The maximum atomic E-state index is 13.5. The predicted molar refractivity (Wildman–Crippen MR) is 87.6 cm³/mol. The molecule has 3 atom stereocenters. The normalized spacial score (nSPS) is 21.8. The Labute approximate surface area is 140 Å². The molecule has 24 heavy (non-hydrogen) atoms. The number of aryl methyl sites for hydroxylation is 1. The molecule has 1 aliphatic rings. The van der Waals surface area contributed by atoms with E-state index < -0.39 is 0 Å². The first-order valence-electron chi connectivity index (χ1n) is 8.12. The molecule has 1 aromatic carbocycles. The van der Waals surface area contributed by atoms with E-state index in [-0.39, 0.29) is 23.9 Å². The van der Waals surface area contributed by atoms with E-state index >= 15 is 0 Å². The van der Waals surface area contributed by atoms with Gasteiger partial charge in [0.05, 0.1) is 12.1 Å². The van der Waals surface area contributed by atoms with Gasteiger partial charge in [-0.05, 0) is 37.0 Å². The largest absolute Gasteiger partial charge is 0.328 e. The lowest BCUT2D eigenvalue weighted by Crippen LogP contribution is -2.41. The molecule has 7 heteroatoms. The van der Waals surface area contributed by atoms with Crippen LogP contribution in [0.4, 0.5) is 9.18 Å². The fraction of sp³-hybridized carbons (Fsp3) is 0.471. The lowest BCUT2D eigenvalue weighted by Gasteiger charge is -2.27. The summed E-state index contributed by atoms with van der Waals surface area (Å²) in [6, 6.07) is 5.96. The van der Waals surface area contributed by atoms with Crippen LogP contribution in [0.15, 0.2) is 30.6 Å². The topological polar surface area (TPSA) is 63.1 Å². The third-order valence-electron chi connectivity index (χ3n) is 4.48. The second-order valence-electron chi connectivity index (χ2n) is 6.54. The highest BCUT2D eigenvalue weighted by atomic mass is 19.1. The van der Waals surface area contributed by atoms with E-state index in [1.54, 1.807) is 21.9 Å². The van der Waals surface area contributed by atoms with Crippen molar-refractivity contribution in [3.8, 4) is 0 Å². The van der Waals surface area contributed by atoms with Gasteiger partial charge in [-0.3, -0.25) is 0 Å². The minimum Gasteiger partial charge on any atom is -0.328 e. The first-order chi connectivity index (χ1) is 11.5. The zero-order valence-electron chi connectivity index (χ0n) is 14.1. The summed E-state index contributed by atoms with van der Waals surface area (Å²) in [5.74, 6) is 0.784. The fourth-order valence-electron chi connectivity index (χ4n) is 3.32. The third-order valence-corrected chi connectivity index (χ3v) is 4.48. The summed E-state index contributed by atoms with van der Waals surface area (Å²) in [5.41, 5.74) is 0.834. The number of aromatic nitrogens is 3. The van der Waals surface area contributed by atoms with Crippen molar-refractivity contribution < 1.29 is 9.18 Å². The van der Waals surface area contributed by atoms with Gasteiger partial charge in [0.15, 0.2) is 5.82 Å². The van der Waals surface area contributed by atoms with Crippen molar-refractivity contribution in [2.45, 2.75) is 32.4 Å². The Hall–Kier alpha value is -2.44. The van der Waals surface area contributed by atoms with Crippen molar-refractivity contribution in [3.05, 3.63) is 47.8 Å². The van der Waals surface area contributed by atoms with Gasteiger partial charge in [-0.1, -0.05) is 19.1 Å². The van der Waals surface area contributed by atoms with Crippen molar-refractivity contribution in [2.24, 2.45) is 13.0 Å². The lowest BCUT2D eigenvalue weighted by atomic mass is 10.0. The van der Waals surface area contributed by atoms with Gasteiger partial charge in [-0.2, -0.15) is 0 Å². The number of nitrogens with one attached hydrogen (secondary N) is 1. The summed E-state index contributed by atoms with van der Waals surface area (Å²) >= 11 is 0. The van der Waals surface area contributed by atoms with Crippen molar-refractivity contribution in [1.82, 2.24) is 25.0 Å². The van der Waals surface area contributed by atoms with Gasteiger partial charge in [0, 0.05) is 13.6 Å². The second-order valence-corrected chi connectivity index (χ2v) is 6.54. The monoisotopic (exact) mass is 331 g/mol. The Kier molecular flexibility index (Phi) is 4.51. The molecule has 0 unspecified atom stereocenters. The van der Waals surface area contributed by atoms with E-state index in [1.165, 1.54) is 12.1 Å². The Morgan fingerprint density at radius 2 is 2.25 bits per heavy atom. The van der Waals surface area contributed by atoms with Crippen LogP contribution in [0.2, 0.25) is 0 Å². The minimum absolute atomic E-state index is 0.109. The van der Waals surface area contributed by atoms with Crippen LogP contribution >= 0.6 is 0 Å². The molecule has 2 amide bonds. The van der Waals surface area contributed by atoms with Crippen molar-refractivity contribution in [2.75, 3.05) is 6.54 Å². The predicted octanol–water partition coefficient (Wildman–Crippen LogP) is 2.81. The summed E-state index contributed by atoms with van der Waals surface area (Å²) in [5, 5.41) is 10.8. The van der Waals surface area contributed by atoms with E-state index in [2.05, 4.69) is 22.4 Å². The summed E-state index contributed by atoms with van der Waals surface area (Å²) < 4.78 is 15.3. The molecule has 1 fully saturated rings. The highest BCUT2D eigenvalue weighted by Gasteiger charge is 2.35. The average Bonchev–Trinajstić information content (AvgIpc) is 3.13. The smallest absolute Gasteiger partial charge is 0.318 e. The number of urea groups is 1. The quantitative estimate of drug-likeness (QED) is 0.941. The van der Waals surface area contributed by atoms with E-state index in [4.69, 9.17) is 0 Å². The number of nitrogens with zero attached hydrogens (tertiary/aromatic N) is 4. The van der Waals surface area contributed by atoms with Gasteiger partial charge in [0.2, 0.25) is 0 Å².